The third-order valence-electron chi connectivity index (χ3n) is 4.75. The van der Waals surface area contributed by atoms with Crippen molar-refractivity contribution in [3.8, 4) is 0 Å². The SMILES string of the molecule is CSc1ccccc1C(=O)N[C@@H]1CCCN(CCc2ccccc2)C1. The highest BCUT2D eigenvalue weighted by atomic mass is 32.2. The van der Waals surface area contributed by atoms with E-state index < -0.39 is 0 Å². The second-order valence-electron chi connectivity index (χ2n) is 6.55. The van der Waals surface area contributed by atoms with Gasteiger partial charge in [-0.15, -0.1) is 11.8 Å². The smallest absolute Gasteiger partial charge is 0.252 e. The number of amides is 1. The maximum absolute atomic E-state index is 12.6. The zero-order valence-electron chi connectivity index (χ0n) is 14.8. The number of thioether (sulfide) groups is 1. The molecule has 1 heterocycles. The molecule has 1 amide bonds. The summed E-state index contributed by atoms with van der Waals surface area (Å²) < 4.78 is 0. The van der Waals surface area contributed by atoms with E-state index in [1.165, 1.54) is 5.56 Å². The minimum atomic E-state index is 0.0554. The van der Waals surface area contributed by atoms with Crippen molar-refractivity contribution in [2.75, 3.05) is 25.9 Å². The molecule has 132 valence electrons. The van der Waals surface area contributed by atoms with Crippen molar-refractivity contribution in [2.45, 2.75) is 30.2 Å². The van der Waals surface area contributed by atoms with Gasteiger partial charge in [-0.3, -0.25) is 4.79 Å². The van der Waals surface area contributed by atoms with Crippen molar-refractivity contribution in [1.82, 2.24) is 10.2 Å². The van der Waals surface area contributed by atoms with E-state index in [1.807, 2.05) is 30.5 Å². The molecule has 4 heteroatoms. The van der Waals surface area contributed by atoms with Gasteiger partial charge in [0.25, 0.3) is 5.91 Å². The second-order valence-corrected chi connectivity index (χ2v) is 7.40. The summed E-state index contributed by atoms with van der Waals surface area (Å²) in [6.07, 6.45) is 5.29. The van der Waals surface area contributed by atoms with E-state index in [-0.39, 0.29) is 11.9 Å². The van der Waals surface area contributed by atoms with Crippen LogP contribution in [0.3, 0.4) is 0 Å². The lowest BCUT2D eigenvalue weighted by Gasteiger charge is -2.33. The number of hydrogen-bond donors (Lipinski definition) is 1. The highest BCUT2D eigenvalue weighted by molar-refractivity contribution is 7.98. The summed E-state index contributed by atoms with van der Waals surface area (Å²) in [5.74, 6) is 0.0554. The first-order valence-electron chi connectivity index (χ1n) is 8.96. The molecule has 1 fully saturated rings. The van der Waals surface area contributed by atoms with Crippen LogP contribution in [-0.4, -0.2) is 42.7 Å². The van der Waals surface area contributed by atoms with Gasteiger partial charge in [0, 0.05) is 24.0 Å². The molecule has 0 aliphatic carbocycles. The third-order valence-corrected chi connectivity index (χ3v) is 5.55. The molecule has 1 aliphatic heterocycles. The van der Waals surface area contributed by atoms with Crippen molar-refractivity contribution < 1.29 is 4.79 Å². The molecule has 2 aromatic rings. The Morgan fingerprint density at radius 3 is 2.72 bits per heavy atom. The van der Waals surface area contributed by atoms with Crippen LogP contribution >= 0.6 is 11.8 Å². The molecule has 1 saturated heterocycles. The Labute approximate surface area is 154 Å². The summed E-state index contributed by atoms with van der Waals surface area (Å²) in [6, 6.07) is 18.7. The largest absolute Gasteiger partial charge is 0.348 e. The molecule has 3 nitrogen and oxygen atoms in total. The average Bonchev–Trinajstić information content (AvgIpc) is 2.67. The van der Waals surface area contributed by atoms with Crippen LogP contribution in [-0.2, 0) is 6.42 Å². The first-order chi connectivity index (χ1) is 12.3. The molecule has 0 aromatic heterocycles. The molecule has 1 N–H and O–H groups in total. The summed E-state index contributed by atoms with van der Waals surface area (Å²) in [5.41, 5.74) is 2.17. The molecule has 25 heavy (non-hydrogen) atoms. The standard InChI is InChI=1S/C21H26N2OS/c1-25-20-12-6-5-11-19(20)21(24)22-18-10-7-14-23(16-18)15-13-17-8-3-2-4-9-17/h2-6,8-9,11-12,18H,7,10,13-16H2,1H3,(H,22,24)/t18-/m1/s1. The number of likely N-dealkylation sites (tertiary alicyclic amines) is 1. The quantitative estimate of drug-likeness (QED) is 0.800. The van der Waals surface area contributed by atoms with Gasteiger partial charge in [0.1, 0.15) is 0 Å². The summed E-state index contributed by atoms with van der Waals surface area (Å²) in [4.78, 5) is 16.1. The van der Waals surface area contributed by atoms with Gasteiger partial charge in [-0.2, -0.15) is 0 Å². The van der Waals surface area contributed by atoms with Crippen LogP contribution in [0.5, 0.6) is 0 Å². The predicted molar refractivity (Wildman–Crippen MR) is 105 cm³/mol. The average molecular weight is 355 g/mol. The molecule has 0 saturated carbocycles. The molecular weight excluding hydrogens is 328 g/mol. The Bertz CT molecular complexity index is 689. The third kappa shape index (κ3) is 5.10. The summed E-state index contributed by atoms with van der Waals surface area (Å²) >= 11 is 1.62. The molecule has 1 atom stereocenters. The summed E-state index contributed by atoms with van der Waals surface area (Å²) in [5, 5.41) is 3.24. The number of carbonyl (C=O) groups is 1. The number of hydrogen-bond acceptors (Lipinski definition) is 3. The van der Waals surface area contributed by atoms with E-state index in [1.54, 1.807) is 11.8 Å². The van der Waals surface area contributed by atoms with Crippen molar-refractivity contribution >= 4 is 17.7 Å². The fraction of sp³-hybridized carbons (Fsp3) is 0.381. The van der Waals surface area contributed by atoms with Crippen molar-refractivity contribution in [1.29, 1.82) is 0 Å². The first-order valence-corrected chi connectivity index (χ1v) is 10.2. The number of nitrogens with zero attached hydrogens (tertiary/aromatic N) is 1. The Hall–Kier alpha value is -1.78. The van der Waals surface area contributed by atoms with Gasteiger partial charge in [0.2, 0.25) is 0 Å². The van der Waals surface area contributed by atoms with Gasteiger partial charge in [0.15, 0.2) is 0 Å². The molecule has 0 bridgehead atoms. The zero-order chi connectivity index (χ0) is 17.5. The lowest BCUT2D eigenvalue weighted by Crippen LogP contribution is -2.48. The summed E-state index contributed by atoms with van der Waals surface area (Å²) in [6.45, 7) is 3.12. The van der Waals surface area contributed by atoms with E-state index >= 15 is 0 Å². The predicted octanol–water partition coefficient (Wildman–Crippen LogP) is 3.85. The number of piperidine rings is 1. The highest BCUT2D eigenvalue weighted by Crippen LogP contribution is 2.20. The molecular formula is C21H26N2OS. The van der Waals surface area contributed by atoms with Crippen LogP contribution in [0.2, 0.25) is 0 Å². The van der Waals surface area contributed by atoms with Crippen LogP contribution in [0.4, 0.5) is 0 Å². The Balaban J connectivity index is 1.53. The van der Waals surface area contributed by atoms with E-state index in [0.29, 0.717) is 0 Å². The van der Waals surface area contributed by atoms with Crippen molar-refractivity contribution in [3.63, 3.8) is 0 Å². The van der Waals surface area contributed by atoms with Crippen LogP contribution in [0.25, 0.3) is 0 Å². The topological polar surface area (TPSA) is 32.3 Å². The van der Waals surface area contributed by atoms with Crippen LogP contribution in [0.1, 0.15) is 28.8 Å². The number of benzene rings is 2. The van der Waals surface area contributed by atoms with Crippen LogP contribution in [0.15, 0.2) is 59.5 Å². The minimum absolute atomic E-state index is 0.0554. The van der Waals surface area contributed by atoms with Gasteiger partial charge < -0.3 is 10.2 Å². The Kier molecular flexibility index (Phi) is 6.54. The molecule has 3 rings (SSSR count). The van der Waals surface area contributed by atoms with E-state index in [0.717, 1.165) is 49.4 Å². The first kappa shape index (κ1) is 18.0. The molecule has 2 aromatic carbocycles. The van der Waals surface area contributed by atoms with Gasteiger partial charge in [-0.05, 0) is 49.8 Å². The highest BCUT2D eigenvalue weighted by Gasteiger charge is 2.22. The van der Waals surface area contributed by atoms with Gasteiger partial charge in [0.05, 0.1) is 5.56 Å². The minimum Gasteiger partial charge on any atom is -0.348 e. The lowest BCUT2D eigenvalue weighted by molar-refractivity contribution is 0.0901. The van der Waals surface area contributed by atoms with E-state index in [4.69, 9.17) is 0 Å². The summed E-state index contributed by atoms with van der Waals surface area (Å²) in [7, 11) is 0. The molecule has 0 unspecified atom stereocenters. The van der Waals surface area contributed by atoms with Crippen LogP contribution < -0.4 is 5.32 Å². The maximum atomic E-state index is 12.6. The van der Waals surface area contributed by atoms with Gasteiger partial charge >= 0.3 is 0 Å². The van der Waals surface area contributed by atoms with Crippen molar-refractivity contribution in [2.24, 2.45) is 0 Å². The number of nitrogens with one attached hydrogen (secondary N) is 1. The lowest BCUT2D eigenvalue weighted by atomic mass is 10.0. The fourth-order valence-corrected chi connectivity index (χ4v) is 4.00. The second kappa shape index (κ2) is 9.07. The molecule has 0 spiro atoms. The zero-order valence-corrected chi connectivity index (χ0v) is 15.6. The van der Waals surface area contributed by atoms with Crippen LogP contribution in [0, 0.1) is 0 Å². The van der Waals surface area contributed by atoms with E-state index in [2.05, 4.69) is 40.5 Å². The number of rotatable bonds is 6. The molecule has 0 radical (unpaired) electrons. The molecule has 1 aliphatic rings. The number of carbonyl (C=O) groups excluding carboxylic acids is 1. The Morgan fingerprint density at radius 2 is 1.92 bits per heavy atom. The maximum Gasteiger partial charge on any atom is 0.252 e. The monoisotopic (exact) mass is 354 g/mol. The normalized spacial score (nSPS) is 18.0. The van der Waals surface area contributed by atoms with Crippen molar-refractivity contribution in [3.05, 3.63) is 65.7 Å². The van der Waals surface area contributed by atoms with Gasteiger partial charge in [-0.1, -0.05) is 42.5 Å². The van der Waals surface area contributed by atoms with E-state index in [9.17, 15) is 4.79 Å². The fourth-order valence-electron chi connectivity index (χ4n) is 3.40. The Morgan fingerprint density at radius 1 is 1.16 bits per heavy atom. The van der Waals surface area contributed by atoms with Gasteiger partial charge in [-0.25, -0.2) is 0 Å².